The van der Waals surface area contributed by atoms with Crippen LogP contribution in [0.3, 0.4) is 0 Å². The van der Waals surface area contributed by atoms with Crippen molar-refractivity contribution in [3.63, 3.8) is 0 Å². The molecule has 0 aromatic heterocycles. The molecule has 6 aromatic carbocycles. The fourth-order valence-corrected chi connectivity index (χ4v) is 9.56. The molecule has 0 heterocycles. The lowest BCUT2D eigenvalue weighted by Crippen LogP contribution is -2.26. The first-order chi connectivity index (χ1) is 33.0. The minimum Gasteiger partial charge on any atom is -0.493 e. The molecule has 2 aliphatic rings. The molecule has 68 heavy (non-hydrogen) atoms. The van der Waals surface area contributed by atoms with Crippen molar-refractivity contribution in [3.8, 4) is 39.5 Å². The van der Waals surface area contributed by atoms with E-state index in [4.69, 9.17) is 14.2 Å². The Labute approximate surface area is 409 Å². The number of ether oxygens (including phenoxy) is 3. The van der Waals surface area contributed by atoms with Gasteiger partial charge in [0.05, 0.1) is 25.2 Å². The van der Waals surface area contributed by atoms with Crippen molar-refractivity contribution in [2.45, 2.75) is 106 Å². The zero-order valence-electron chi connectivity index (χ0n) is 42.4. The highest BCUT2D eigenvalue weighted by atomic mass is 16.5. The normalized spacial score (nSPS) is 16.3. The van der Waals surface area contributed by atoms with Gasteiger partial charge in [0.15, 0.2) is 11.5 Å². The zero-order chi connectivity index (χ0) is 48.0. The molecule has 3 nitrogen and oxygen atoms in total. The molecule has 1 spiro atoms. The summed E-state index contributed by atoms with van der Waals surface area (Å²) in [6.45, 7) is 26.3. The number of aryl methyl sites for hydroxylation is 2. The highest BCUT2D eigenvalue weighted by molar-refractivity contribution is 5.97. The van der Waals surface area contributed by atoms with Crippen LogP contribution in [-0.4, -0.2) is 19.8 Å². The van der Waals surface area contributed by atoms with Crippen molar-refractivity contribution >= 4 is 30.4 Å². The third-order valence-electron chi connectivity index (χ3n) is 15.0. The second-order valence-corrected chi connectivity index (χ2v) is 20.2. The molecular weight excluding hydrogens is 829 g/mol. The van der Waals surface area contributed by atoms with Gasteiger partial charge in [-0.15, -0.1) is 0 Å². The molecule has 6 aromatic rings. The van der Waals surface area contributed by atoms with E-state index >= 15 is 0 Å². The molecule has 0 radical (unpaired) electrons. The van der Waals surface area contributed by atoms with Crippen LogP contribution in [0.5, 0.6) is 17.2 Å². The summed E-state index contributed by atoms with van der Waals surface area (Å²) in [7, 11) is 0. The second-order valence-electron chi connectivity index (χ2n) is 20.2. The molecule has 0 N–H and O–H groups in total. The Morgan fingerprint density at radius 1 is 0.441 bits per heavy atom. The number of benzene rings is 6. The Hall–Kier alpha value is -6.06. The predicted octanol–water partition coefficient (Wildman–Crippen LogP) is 17.6. The number of rotatable bonds is 21. The molecule has 0 saturated carbocycles. The maximum absolute atomic E-state index is 7.03. The van der Waals surface area contributed by atoms with Crippen LogP contribution in [0.15, 0.2) is 116 Å². The Kier molecular flexibility index (Phi) is 15.3. The average molecular weight is 903 g/mol. The largest absolute Gasteiger partial charge is 0.493 e. The summed E-state index contributed by atoms with van der Waals surface area (Å²) in [5.41, 5.74) is 17.6. The molecule has 352 valence electrons. The van der Waals surface area contributed by atoms with E-state index < -0.39 is 5.41 Å². The predicted molar refractivity (Wildman–Crippen MR) is 291 cm³/mol. The zero-order valence-corrected chi connectivity index (χ0v) is 42.4. The number of hydrogen-bond donors (Lipinski definition) is 0. The van der Waals surface area contributed by atoms with Crippen molar-refractivity contribution in [2.75, 3.05) is 19.8 Å². The SMILES string of the molecule is C=Cc1ccc(/C=C/c2ccc3c(c2)C2(c4cc(/C=C/c5ccc(C)cc5)ccc4-3)c3cc(OCC(C)CC)c(CCC(C)CC)cc3-c3cc(OCC(C)CC)c(OCC(C)CC)cc32)cc1. The maximum Gasteiger partial charge on any atom is 0.161 e. The first kappa shape index (κ1) is 48.4. The topological polar surface area (TPSA) is 27.7 Å². The number of hydrogen-bond acceptors (Lipinski definition) is 3. The van der Waals surface area contributed by atoms with E-state index in [-0.39, 0.29) is 0 Å². The van der Waals surface area contributed by atoms with Crippen molar-refractivity contribution in [1.29, 1.82) is 0 Å². The molecule has 8 rings (SSSR count). The highest BCUT2D eigenvalue weighted by Gasteiger charge is 2.53. The van der Waals surface area contributed by atoms with E-state index in [1.165, 1.54) is 61.2 Å². The lowest BCUT2D eigenvalue weighted by molar-refractivity contribution is 0.217. The van der Waals surface area contributed by atoms with E-state index in [1.807, 2.05) is 6.08 Å². The van der Waals surface area contributed by atoms with Crippen LogP contribution in [0, 0.1) is 30.6 Å². The third-order valence-corrected chi connectivity index (χ3v) is 15.0. The van der Waals surface area contributed by atoms with Crippen molar-refractivity contribution in [2.24, 2.45) is 23.7 Å². The molecular formula is C65H74O3. The maximum atomic E-state index is 7.03. The fraction of sp³-hybridized carbons (Fsp3) is 0.354. The van der Waals surface area contributed by atoms with Gasteiger partial charge in [0.1, 0.15) is 5.75 Å². The van der Waals surface area contributed by atoms with Crippen LogP contribution >= 0.6 is 0 Å². The molecule has 0 bridgehead atoms. The highest BCUT2D eigenvalue weighted by Crippen LogP contribution is 2.65. The van der Waals surface area contributed by atoms with Gasteiger partial charge in [-0.3, -0.25) is 0 Å². The number of fused-ring (bicyclic) bond motifs is 10. The summed E-state index contributed by atoms with van der Waals surface area (Å²) in [6.07, 6.45) is 17.3. The summed E-state index contributed by atoms with van der Waals surface area (Å²) in [5, 5.41) is 0. The first-order valence-electron chi connectivity index (χ1n) is 25.7. The minimum atomic E-state index is -0.675. The lowest BCUT2D eigenvalue weighted by atomic mass is 9.70. The van der Waals surface area contributed by atoms with Crippen molar-refractivity contribution < 1.29 is 14.2 Å². The average Bonchev–Trinajstić information content (AvgIpc) is 3.81. The van der Waals surface area contributed by atoms with Crippen LogP contribution in [-0.2, 0) is 11.8 Å². The van der Waals surface area contributed by atoms with Gasteiger partial charge in [0, 0.05) is 0 Å². The van der Waals surface area contributed by atoms with E-state index in [0.29, 0.717) is 43.5 Å². The summed E-state index contributed by atoms with van der Waals surface area (Å²) in [4.78, 5) is 0. The Bertz CT molecular complexity index is 2690. The summed E-state index contributed by atoms with van der Waals surface area (Å²) >= 11 is 0. The van der Waals surface area contributed by atoms with Crippen LogP contribution in [0.4, 0.5) is 0 Å². The van der Waals surface area contributed by atoms with Gasteiger partial charge >= 0.3 is 0 Å². The van der Waals surface area contributed by atoms with Crippen LogP contribution < -0.4 is 14.2 Å². The van der Waals surface area contributed by atoms with E-state index in [1.54, 1.807) is 0 Å². The molecule has 0 fully saturated rings. The molecule has 0 aliphatic heterocycles. The van der Waals surface area contributed by atoms with Crippen LogP contribution in [0.25, 0.3) is 52.6 Å². The van der Waals surface area contributed by atoms with Crippen LogP contribution in [0.1, 0.15) is 149 Å². The van der Waals surface area contributed by atoms with Gasteiger partial charge in [0.2, 0.25) is 0 Å². The van der Waals surface area contributed by atoms with Crippen molar-refractivity contribution in [1.82, 2.24) is 0 Å². The molecule has 2 aliphatic carbocycles. The van der Waals surface area contributed by atoms with Gasteiger partial charge in [0.25, 0.3) is 0 Å². The smallest absolute Gasteiger partial charge is 0.161 e. The van der Waals surface area contributed by atoms with Crippen molar-refractivity contribution in [3.05, 3.63) is 177 Å². The van der Waals surface area contributed by atoms with E-state index in [2.05, 4.69) is 202 Å². The van der Waals surface area contributed by atoms with Gasteiger partial charge in [-0.05, 0) is 158 Å². The molecule has 0 amide bonds. The van der Waals surface area contributed by atoms with Gasteiger partial charge in [-0.1, -0.05) is 196 Å². The summed E-state index contributed by atoms with van der Waals surface area (Å²) in [5.74, 6) is 4.49. The van der Waals surface area contributed by atoms with E-state index in [9.17, 15) is 0 Å². The van der Waals surface area contributed by atoms with E-state index in [0.717, 1.165) is 78.0 Å². The third kappa shape index (κ3) is 10.1. The molecule has 0 saturated heterocycles. The first-order valence-corrected chi connectivity index (χ1v) is 25.7. The Morgan fingerprint density at radius 3 is 1.34 bits per heavy atom. The summed E-state index contributed by atoms with van der Waals surface area (Å²) in [6, 6.07) is 41.1. The van der Waals surface area contributed by atoms with Gasteiger partial charge in [-0.2, -0.15) is 0 Å². The standard InChI is InChI=1S/C65H74O3/c1-11-43(6)18-31-53-36-56-57-37-63(67-41-45(8)13-3)64(68-42-46(9)14-4)39-61(57)65(60(56)38-62(53)66-40-44(7)12-2)58-34-51(27-25-49-19-16-47(10)17-20-49)29-32-54(58)55-33-30-52(35-59(55)65)28-26-50-23-21-48(15-5)22-24-50/h15-17,19-30,32-39,43-46H,5,11-14,18,31,40-42H2,1-4,6-10H3/b27-25+,28-26+. The summed E-state index contributed by atoms with van der Waals surface area (Å²) < 4.78 is 20.8. The molecule has 3 heteroatoms. The fourth-order valence-electron chi connectivity index (χ4n) is 9.56. The van der Waals surface area contributed by atoms with Gasteiger partial charge < -0.3 is 14.2 Å². The Morgan fingerprint density at radius 2 is 0.838 bits per heavy atom. The Balaban J connectivity index is 1.42. The quantitative estimate of drug-likeness (QED) is 0.0673. The minimum absolute atomic E-state index is 0.397. The van der Waals surface area contributed by atoms with Gasteiger partial charge in [-0.25, -0.2) is 0 Å². The monoisotopic (exact) mass is 903 g/mol. The van der Waals surface area contributed by atoms with Crippen LogP contribution in [0.2, 0.25) is 0 Å². The second kappa shape index (κ2) is 21.5. The molecule has 5 unspecified atom stereocenters. The molecule has 5 atom stereocenters. The lowest BCUT2D eigenvalue weighted by Gasteiger charge is -2.32.